The Labute approximate surface area is 119 Å². The van der Waals surface area contributed by atoms with Crippen LogP contribution in [0.3, 0.4) is 0 Å². The molecular weight excluding hydrogens is 250 g/mol. The van der Waals surface area contributed by atoms with Gasteiger partial charge in [-0.15, -0.1) is 0 Å². The zero-order valence-electron chi connectivity index (χ0n) is 11.8. The molecule has 1 N–H and O–H groups in total. The molecule has 106 valence electrons. The SMILES string of the molecule is CC(OCc1ccoc1CNC1CC1)c1ccccc1. The van der Waals surface area contributed by atoms with E-state index < -0.39 is 0 Å². The first kappa shape index (κ1) is 13.4. The standard InChI is InChI=1S/C17H21NO2/c1-13(14-5-3-2-4-6-14)20-12-15-9-10-19-17(15)11-18-16-7-8-16/h2-6,9-10,13,16,18H,7-8,11-12H2,1H3. The van der Waals surface area contributed by atoms with Crippen molar-refractivity contribution in [2.24, 2.45) is 0 Å². The summed E-state index contributed by atoms with van der Waals surface area (Å²) in [7, 11) is 0. The molecule has 0 radical (unpaired) electrons. The molecule has 3 nitrogen and oxygen atoms in total. The molecule has 2 aromatic rings. The van der Waals surface area contributed by atoms with Gasteiger partial charge in [-0.05, 0) is 31.4 Å². The molecule has 1 aromatic heterocycles. The fraction of sp³-hybridized carbons (Fsp3) is 0.412. The van der Waals surface area contributed by atoms with Crippen LogP contribution in [0.2, 0.25) is 0 Å². The molecule has 1 aliphatic carbocycles. The van der Waals surface area contributed by atoms with Crippen LogP contribution in [0.5, 0.6) is 0 Å². The Morgan fingerprint density at radius 1 is 1.25 bits per heavy atom. The average molecular weight is 271 g/mol. The summed E-state index contributed by atoms with van der Waals surface area (Å²) in [5.74, 6) is 0.997. The smallest absolute Gasteiger partial charge is 0.123 e. The normalized spacial score (nSPS) is 16.2. The fourth-order valence-corrected chi connectivity index (χ4v) is 2.21. The highest BCUT2D eigenvalue weighted by Gasteiger charge is 2.21. The number of hydrogen-bond acceptors (Lipinski definition) is 3. The first-order valence-corrected chi connectivity index (χ1v) is 7.28. The van der Waals surface area contributed by atoms with E-state index in [0.717, 1.165) is 17.9 Å². The van der Waals surface area contributed by atoms with Crippen LogP contribution < -0.4 is 5.32 Å². The Kier molecular flexibility index (Phi) is 4.19. The van der Waals surface area contributed by atoms with E-state index in [1.165, 1.54) is 18.4 Å². The highest BCUT2D eigenvalue weighted by Crippen LogP contribution is 2.22. The van der Waals surface area contributed by atoms with Gasteiger partial charge in [0, 0.05) is 11.6 Å². The lowest BCUT2D eigenvalue weighted by Crippen LogP contribution is -2.16. The molecule has 0 spiro atoms. The predicted molar refractivity (Wildman–Crippen MR) is 78.2 cm³/mol. The van der Waals surface area contributed by atoms with Crippen LogP contribution in [0.15, 0.2) is 47.1 Å². The summed E-state index contributed by atoms with van der Waals surface area (Å²) in [5, 5.41) is 3.47. The number of ether oxygens (including phenoxy) is 1. The number of nitrogens with one attached hydrogen (secondary N) is 1. The average Bonchev–Trinajstić information content (AvgIpc) is 3.22. The third-order valence-electron chi connectivity index (χ3n) is 3.72. The zero-order chi connectivity index (χ0) is 13.8. The quantitative estimate of drug-likeness (QED) is 0.831. The van der Waals surface area contributed by atoms with Gasteiger partial charge in [-0.25, -0.2) is 0 Å². The zero-order valence-corrected chi connectivity index (χ0v) is 11.8. The molecule has 1 aliphatic rings. The van der Waals surface area contributed by atoms with Gasteiger partial charge >= 0.3 is 0 Å². The number of furan rings is 1. The molecule has 3 rings (SSSR count). The van der Waals surface area contributed by atoms with Crippen LogP contribution in [0.25, 0.3) is 0 Å². The molecule has 1 saturated carbocycles. The fourth-order valence-electron chi connectivity index (χ4n) is 2.21. The minimum absolute atomic E-state index is 0.0929. The number of hydrogen-bond donors (Lipinski definition) is 1. The van der Waals surface area contributed by atoms with Crippen molar-refractivity contribution < 1.29 is 9.15 Å². The van der Waals surface area contributed by atoms with Crippen molar-refractivity contribution >= 4 is 0 Å². The summed E-state index contributed by atoms with van der Waals surface area (Å²) in [6.45, 7) is 3.47. The van der Waals surface area contributed by atoms with Gasteiger partial charge in [0.25, 0.3) is 0 Å². The van der Waals surface area contributed by atoms with E-state index >= 15 is 0 Å². The van der Waals surface area contributed by atoms with E-state index in [2.05, 4.69) is 24.4 Å². The summed E-state index contributed by atoms with van der Waals surface area (Å²) < 4.78 is 11.5. The van der Waals surface area contributed by atoms with E-state index in [4.69, 9.17) is 9.15 Å². The van der Waals surface area contributed by atoms with E-state index in [0.29, 0.717) is 12.6 Å². The maximum atomic E-state index is 5.95. The van der Waals surface area contributed by atoms with Crippen molar-refractivity contribution in [3.8, 4) is 0 Å². The third-order valence-corrected chi connectivity index (χ3v) is 3.72. The van der Waals surface area contributed by atoms with Crippen LogP contribution in [0.1, 0.15) is 42.8 Å². The first-order chi connectivity index (χ1) is 9.83. The monoisotopic (exact) mass is 271 g/mol. The molecule has 1 fully saturated rings. The topological polar surface area (TPSA) is 34.4 Å². The van der Waals surface area contributed by atoms with Gasteiger partial charge in [0.15, 0.2) is 0 Å². The molecule has 1 aromatic carbocycles. The lowest BCUT2D eigenvalue weighted by atomic mass is 10.1. The maximum Gasteiger partial charge on any atom is 0.123 e. The van der Waals surface area contributed by atoms with E-state index in [-0.39, 0.29) is 6.10 Å². The lowest BCUT2D eigenvalue weighted by molar-refractivity contribution is 0.0516. The van der Waals surface area contributed by atoms with Gasteiger partial charge in [-0.1, -0.05) is 30.3 Å². The minimum Gasteiger partial charge on any atom is -0.468 e. The van der Waals surface area contributed by atoms with Gasteiger partial charge in [0.05, 0.1) is 25.5 Å². The van der Waals surface area contributed by atoms with Crippen LogP contribution in [-0.4, -0.2) is 6.04 Å². The highest BCUT2D eigenvalue weighted by molar-refractivity contribution is 5.18. The van der Waals surface area contributed by atoms with Crippen molar-refractivity contribution in [3.63, 3.8) is 0 Å². The van der Waals surface area contributed by atoms with E-state index in [1.807, 2.05) is 24.3 Å². The Balaban J connectivity index is 1.53. The Hall–Kier alpha value is -1.58. The predicted octanol–water partition coefficient (Wildman–Crippen LogP) is 3.81. The summed E-state index contributed by atoms with van der Waals surface area (Å²) in [6.07, 6.45) is 4.42. The molecule has 0 saturated heterocycles. The maximum absolute atomic E-state index is 5.95. The van der Waals surface area contributed by atoms with Gasteiger partial charge in [-0.3, -0.25) is 0 Å². The van der Waals surface area contributed by atoms with Gasteiger partial charge in [0.2, 0.25) is 0 Å². The van der Waals surface area contributed by atoms with Gasteiger partial charge < -0.3 is 14.5 Å². The summed E-state index contributed by atoms with van der Waals surface area (Å²) in [6, 6.07) is 13.0. The summed E-state index contributed by atoms with van der Waals surface area (Å²) in [4.78, 5) is 0. The van der Waals surface area contributed by atoms with Crippen LogP contribution >= 0.6 is 0 Å². The van der Waals surface area contributed by atoms with Crippen molar-refractivity contribution in [1.82, 2.24) is 5.32 Å². The van der Waals surface area contributed by atoms with Crippen molar-refractivity contribution in [1.29, 1.82) is 0 Å². The summed E-state index contributed by atoms with van der Waals surface area (Å²) in [5.41, 5.74) is 2.34. The molecular formula is C17H21NO2. The highest BCUT2D eigenvalue weighted by atomic mass is 16.5. The second-order valence-corrected chi connectivity index (χ2v) is 5.39. The van der Waals surface area contributed by atoms with Crippen LogP contribution in [0, 0.1) is 0 Å². The molecule has 0 amide bonds. The molecule has 20 heavy (non-hydrogen) atoms. The molecule has 1 unspecified atom stereocenters. The Morgan fingerprint density at radius 3 is 2.80 bits per heavy atom. The van der Waals surface area contributed by atoms with Crippen LogP contribution in [0.4, 0.5) is 0 Å². The Bertz CT molecular complexity index is 531. The molecule has 0 bridgehead atoms. The van der Waals surface area contributed by atoms with Crippen LogP contribution in [-0.2, 0) is 17.9 Å². The number of rotatable bonds is 7. The van der Waals surface area contributed by atoms with E-state index in [9.17, 15) is 0 Å². The number of benzene rings is 1. The lowest BCUT2D eigenvalue weighted by Gasteiger charge is -2.13. The largest absolute Gasteiger partial charge is 0.468 e. The van der Waals surface area contributed by atoms with Gasteiger partial charge in [-0.2, -0.15) is 0 Å². The molecule has 3 heteroatoms. The van der Waals surface area contributed by atoms with Crippen molar-refractivity contribution in [2.75, 3.05) is 0 Å². The minimum atomic E-state index is 0.0929. The third kappa shape index (κ3) is 3.50. The second-order valence-electron chi connectivity index (χ2n) is 5.39. The molecule has 0 aliphatic heterocycles. The first-order valence-electron chi connectivity index (χ1n) is 7.28. The van der Waals surface area contributed by atoms with E-state index in [1.54, 1.807) is 6.26 Å². The summed E-state index contributed by atoms with van der Waals surface area (Å²) >= 11 is 0. The van der Waals surface area contributed by atoms with Crippen molar-refractivity contribution in [2.45, 2.75) is 45.1 Å². The Morgan fingerprint density at radius 2 is 2.05 bits per heavy atom. The molecule has 1 atom stereocenters. The van der Waals surface area contributed by atoms with Gasteiger partial charge in [0.1, 0.15) is 5.76 Å². The van der Waals surface area contributed by atoms with Crippen molar-refractivity contribution in [3.05, 3.63) is 59.5 Å². The second kappa shape index (κ2) is 6.25. The molecule has 1 heterocycles.